The molecule has 0 radical (unpaired) electrons. The van der Waals surface area contributed by atoms with E-state index in [-0.39, 0.29) is 5.92 Å². The van der Waals surface area contributed by atoms with Crippen molar-refractivity contribution in [3.63, 3.8) is 0 Å². The lowest BCUT2D eigenvalue weighted by molar-refractivity contribution is -0.118. The number of aryl methyl sites for hydroxylation is 1. The maximum absolute atomic E-state index is 11.4. The number of carbonyl (C=O) groups is 1. The van der Waals surface area contributed by atoms with Gasteiger partial charge in [-0.3, -0.25) is 4.79 Å². The molecule has 1 aromatic rings. The van der Waals surface area contributed by atoms with Crippen LogP contribution in [-0.2, 0) is 4.79 Å². The topological polar surface area (TPSA) is 17.1 Å². The van der Waals surface area contributed by atoms with Crippen molar-refractivity contribution in [3.8, 4) is 0 Å². The van der Waals surface area contributed by atoms with Gasteiger partial charge in [-0.25, -0.2) is 0 Å². The summed E-state index contributed by atoms with van der Waals surface area (Å²) < 4.78 is 0. The molecular weight excluding hydrogens is 168 g/mol. The molecule has 0 amide bonds. The fourth-order valence-corrected chi connectivity index (χ4v) is 2.92. The highest BCUT2D eigenvalue weighted by molar-refractivity contribution is 7.10. The smallest absolute Gasteiger partial charge is 0.141 e. The normalized spacial score (nSPS) is 23.4. The lowest BCUT2D eigenvalue weighted by Crippen LogP contribution is -2.02. The Labute approximate surface area is 76.4 Å². The van der Waals surface area contributed by atoms with E-state index in [0.717, 1.165) is 19.3 Å². The minimum Gasteiger partial charge on any atom is -0.299 e. The molecule has 0 N–H and O–H groups in total. The van der Waals surface area contributed by atoms with E-state index in [4.69, 9.17) is 0 Å². The van der Waals surface area contributed by atoms with Crippen molar-refractivity contribution in [1.29, 1.82) is 0 Å². The van der Waals surface area contributed by atoms with Gasteiger partial charge in [-0.05, 0) is 36.8 Å². The summed E-state index contributed by atoms with van der Waals surface area (Å²) in [6.45, 7) is 2.09. The Bertz CT molecular complexity index is 301. The van der Waals surface area contributed by atoms with Gasteiger partial charge in [0.1, 0.15) is 5.78 Å². The fraction of sp³-hybridized carbons (Fsp3) is 0.500. The molecule has 0 aromatic carbocycles. The molecule has 1 unspecified atom stereocenters. The highest BCUT2D eigenvalue weighted by Crippen LogP contribution is 2.35. The molecule has 2 rings (SSSR count). The second kappa shape index (κ2) is 3.02. The molecule has 12 heavy (non-hydrogen) atoms. The SMILES string of the molecule is Cc1ccsc1C1CCCC1=O. The predicted molar refractivity (Wildman–Crippen MR) is 50.7 cm³/mol. The van der Waals surface area contributed by atoms with Crippen molar-refractivity contribution in [2.45, 2.75) is 32.1 Å². The molecule has 1 fully saturated rings. The Hall–Kier alpha value is -0.630. The van der Waals surface area contributed by atoms with Crippen LogP contribution in [-0.4, -0.2) is 5.78 Å². The van der Waals surface area contributed by atoms with Gasteiger partial charge in [0.15, 0.2) is 0 Å². The Morgan fingerprint density at radius 2 is 2.42 bits per heavy atom. The van der Waals surface area contributed by atoms with Crippen molar-refractivity contribution in [1.82, 2.24) is 0 Å². The lowest BCUT2D eigenvalue weighted by atomic mass is 10.0. The molecular formula is C10H12OS. The third-order valence-corrected chi connectivity index (χ3v) is 3.66. The standard InChI is InChI=1S/C10H12OS/c1-7-5-6-12-10(7)8-3-2-4-9(8)11/h5-6,8H,2-4H2,1H3. The minimum atomic E-state index is 0.241. The molecule has 1 aliphatic rings. The van der Waals surface area contributed by atoms with Crippen LogP contribution in [0.3, 0.4) is 0 Å². The van der Waals surface area contributed by atoms with Crippen LogP contribution in [0.5, 0.6) is 0 Å². The van der Waals surface area contributed by atoms with Crippen LogP contribution in [0.4, 0.5) is 0 Å². The number of thiophene rings is 1. The van der Waals surface area contributed by atoms with Crippen LogP contribution in [0.1, 0.15) is 35.6 Å². The number of carbonyl (C=O) groups excluding carboxylic acids is 1. The van der Waals surface area contributed by atoms with E-state index < -0.39 is 0 Å². The van der Waals surface area contributed by atoms with Gasteiger partial charge < -0.3 is 0 Å². The summed E-state index contributed by atoms with van der Waals surface area (Å²) in [7, 11) is 0. The van der Waals surface area contributed by atoms with Gasteiger partial charge in [-0.15, -0.1) is 11.3 Å². The molecule has 1 atom stereocenters. The first-order valence-electron chi connectivity index (χ1n) is 4.36. The number of ketones is 1. The zero-order valence-corrected chi connectivity index (χ0v) is 7.99. The molecule has 0 aliphatic heterocycles. The van der Waals surface area contributed by atoms with Gasteiger partial charge in [0.25, 0.3) is 0 Å². The average Bonchev–Trinajstić information content (AvgIpc) is 2.59. The van der Waals surface area contributed by atoms with Crippen LogP contribution in [0.25, 0.3) is 0 Å². The second-order valence-corrected chi connectivity index (χ2v) is 4.33. The Kier molecular flexibility index (Phi) is 2.01. The van der Waals surface area contributed by atoms with Gasteiger partial charge in [-0.1, -0.05) is 0 Å². The number of hydrogen-bond acceptors (Lipinski definition) is 2. The molecule has 1 saturated carbocycles. The van der Waals surface area contributed by atoms with Crippen molar-refractivity contribution < 1.29 is 4.79 Å². The number of hydrogen-bond donors (Lipinski definition) is 0. The second-order valence-electron chi connectivity index (χ2n) is 3.38. The van der Waals surface area contributed by atoms with Crippen molar-refractivity contribution in [3.05, 3.63) is 21.9 Å². The van der Waals surface area contributed by atoms with Gasteiger partial charge in [0, 0.05) is 11.3 Å². The summed E-state index contributed by atoms with van der Waals surface area (Å²) in [4.78, 5) is 12.7. The lowest BCUT2D eigenvalue weighted by Gasteiger charge is -2.05. The molecule has 2 heteroatoms. The Morgan fingerprint density at radius 3 is 2.92 bits per heavy atom. The molecule has 0 saturated heterocycles. The fourth-order valence-electron chi connectivity index (χ4n) is 1.83. The van der Waals surface area contributed by atoms with Gasteiger partial charge in [0.05, 0.1) is 5.92 Å². The van der Waals surface area contributed by atoms with Crippen LogP contribution in [0.15, 0.2) is 11.4 Å². The summed E-state index contributed by atoms with van der Waals surface area (Å²) in [6, 6.07) is 2.10. The van der Waals surface area contributed by atoms with E-state index in [1.165, 1.54) is 10.4 Å². The van der Waals surface area contributed by atoms with Gasteiger partial charge in [0.2, 0.25) is 0 Å². The molecule has 1 nitrogen and oxygen atoms in total. The molecule has 1 aliphatic carbocycles. The average molecular weight is 180 g/mol. The largest absolute Gasteiger partial charge is 0.299 e. The Balaban J connectivity index is 2.30. The van der Waals surface area contributed by atoms with E-state index in [2.05, 4.69) is 18.4 Å². The van der Waals surface area contributed by atoms with Crippen LogP contribution in [0, 0.1) is 6.92 Å². The third-order valence-electron chi connectivity index (χ3n) is 2.52. The summed E-state index contributed by atoms with van der Waals surface area (Å²) in [5.41, 5.74) is 1.29. The maximum atomic E-state index is 11.4. The van der Waals surface area contributed by atoms with Gasteiger partial charge >= 0.3 is 0 Å². The highest BCUT2D eigenvalue weighted by Gasteiger charge is 2.27. The number of Topliss-reactive ketones (excluding diaryl/α,β-unsaturated/α-hetero) is 1. The minimum absolute atomic E-state index is 0.241. The first-order chi connectivity index (χ1) is 5.79. The van der Waals surface area contributed by atoms with Crippen molar-refractivity contribution in [2.24, 2.45) is 0 Å². The zero-order chi connectivity index (χ0) is 8.55. The first kappa shape index (κ1) is 7.99. The highest BCUT2D eigenvalue weighted by atomic mass is 32.1. The third kappa shape index (κ3) is 1.20. The maximum Gasteiger partial charge on any atom is 0.141 e. The summed E-state index contributed by atoms with van der Waals surface area (Å²) in [5.74, 6) is 0.686. The first-order valence-corrected chi connectivity index (χ1v) is 5.23. The van der Waals surface area contributed by atoms with Gasteiger partial charge in [-0.2, -0.15) is 0 Å². The zero-order valence-electron chi connectivity index (χ0n) is 7.17. The van der Waals surface area contributed by atoms with E-state index in [1.54, 1.807) is 11.3 Å². The molecule has 1 heterocycles. The molecule has 0 bridgehead atoms. The Morgan fingerprint density at radius 1 is 1.58 bits per heavy atom. The molecule has 64 valence electrons. The quantitative estimate of drug-likeness (QED) is 0.649. The van der Waals surface area contributed by atoms with E-state index >= 15 is 0 Å². The monoisotopic (exact) mass is 180 g/mol. The predicted octanol–water partition coefficient (Wildman–Crippen LogP) is 2.89. The molecule has 1 aromatic heterocycles. The summed E-state index contributed by atoms with van der Waals surface area (Å²) in [6.07, 6.45) is 2.95. The van der Waals surface area contributed by atoms with E-state index in [9.17, 15) is 4.79 Å². The van der Waals surface area contributed by atoms with E-state index in [0.29, 0.717) is 5.78 Å². The number of rotatable bonds is 1. The van der Waals surface area contributed by atoms with Crippen LogP contribution < -0.4 is 0 Å². The van der Waals surface area contributed by atoms with Crippen molar-refractivity contribution in [2.75, 3.05) is 0 Å². The summed E-state index contributed by atoms with van der Waals surface area (Å²) >= 11 is 1.73. The van der Waals surface area contributed by atoms with Crippen LogP contribution >= 0.6 is 11.3 Å². The van der Waals surface area contributed by atoms with Crippen molar-refractivity contribution >= 4 is 17.1 Å². The molecule has 0 spiro atoms. The van der Waals surface area contributed by atoms with Crippen LogP contribution in [0.2, 0.25) is 0 Å². The van der Waals surface area contributed by atoms with E-state index in [1.807, 2.05) is 0 Å². The summed E-state index contributed by atoms with van der Waals surface area (Å²) in [5, 5.41) is 2.08.